The second-order valence-electron chi connectivity index (χ2n) is 5.96. The summed E-state index contributed by atoms with van der Waals surface area (Å²) in [6.45, 7) is -0.812. The molecule has 0 aliphatic heterocycles. The molecule has 3 aromatic rings. The van der Waals surface area contributed by atoms with E-state index in [9.17, 15) is 31.2 Å². The number of sulfonamides is 1. The van der Waals surface area contributed by atoms with Crippen LogP contribution in [0, 0.1) is 0 Å². The van der Waals surface area contributed by atoms with Crippen molar-refractivity contribution in [3.63, 3.8) is 0 Å². The number of aromatic nitrogens is 4. The fourth-order valence-electron chi connectivity index (χ4n) is 2.49. The van der Waals surface area contributed by atoms with Gasteiger partial charge in [-0.1, -0.05) is 0 Å². The number of aryl methyl sites for hydroxylation is 1. The smallest absolute Gasteiger partial charge is 0.421 e. The van der Waals surface area contributed by atoms with E-state index < -0.39 is 45.5 Å². The molecular weight excluding hydrogens is 431 g/mol. The van der Waals surface area contributed by atoms with Crippen LogP contribution in [-0.4, -0.2) is 41.1 Å². The van der Waals surface area contributed by atoms with Crippen LogP contribution in [0.1, 0.15) is 5.56 Å². The number of H-pyrrole nitrogens is 1. The van der Waals surface area contributed by atoms with Crippen molar-refractivity contribution in [3.8, 4) is 5.88 Å². The lowest BCUT2D eigenvalue weighted by Crippen LogP contribution is -2.31. The Balaban J connectivity index is 1.74. The lowest BCUT2D eigenvalue weighted by Gasteiger charge is -2.13. The first-order valence-corrected chi connectivity index (χ1v) is 9.73. The number of rotatable bonds is 6. The van der Waals surface area contributed by atoms with Crippen molar-refractivity contribution in [1.82, 2.24) is 24.2 Å². The van der Waals surface area contributed by atoms with Gasteiger partial charge in [0.1, 0.15) is 22.7 Å². The molecule has 0 bridgehead atoms. The molecule has 0 aliphatic rings. The molecule has 0 amide bonds. The number of alkyl halides is 3. The average Bonchev–Trinajstić information content (AvgIpc) is 2.69. The molecule has 3 rings (SSSR count). The van der Waals surface area contributed by atoms with Gasteiger partial charge in [0, 0.05) is 26.0 Å². The van der Waals surface area contributed by atoms with Crippen LogP contribution >= 0.6 is 0 Å². The Morgan fingerprint density at radius 3 is 2.70 bits per heavy atom. The first-order chi connectivity index (χ1) is 14.0. The lowest BCUT2D eigenvalue weighted by atomic mass is 10.2. The van der Waals surface area contributed by atoms with E-state index in [2.05, 4.69) is 14.7 Å². The Morgan fingerprint density at radius 1 is 1.27 bits per heavy atom. The molecule has 0 saturated carbocycles. The monoisotopic (exact) mass is 445 g/mol. The van der Waals surface area contributed by atoms with E-state index in [4.69, 9.17) is 4.74 Å². The van der Waals surface area contributed by atoms with Crippen molar-refractivity contribution < 1.29 is 26.3 Å². The van der Waals surface area contributed by atoms with Gasteiger partial charge in [-0.2, -0.15) is 13.2 Å². The van der Waals surface area contributed by atoms with E-state index in [0.29, 0.717) is 0 Å². The van der Waals surface area contributed by atoms with Gasteiger partial charge in [-0.3, -0.25) is 14.3 Å². The van der Waals surface area contributed by atoms with Crippen molar-refractivity contribution in [2.45, 2.75) is 11.1 Å². The molecule has 0 fully saturated rings. The zero-order chi connectivity index (χ0) is 22.1. The highest BCUT2D eigenvalue weighted by molar-refractivity contribution is 7.89. The Bertz CT molecular complexity index is 1320. The molecule has 3 aromatic heterocycles. The summed E-state index contributed by atoms with van der Waals surface area (Å²) >= 11 is 0. The molecule has 3 heterocycles. The number of fused-ring (bicyclic) bond motifs is 1. The topological polar surface area (TPSA) is 136 Å². The summed E-state index contributed by atoms with van der Waals surface area (Å²) in [7, 11) is -2.81. The van der Waals surface area contributed by atoms with Crippen molar-refractivity contribution >= 4 is 21.1 Å². The molecule has 14 heteroatoms. The van der Waals surface area contributed by atoms with Gasteiger partial charge in [0.2, 0.25) is 15.9 Å². The fraction of sp³-hybridized carbons (Fsp3) is 0.250. The van der Waals surface area contributed by atoms with Crippen LogP contribution in [0.3, 0.4) is 0 Å². The number of ether oxygens (including phenoxy) is 1. The zero-order valence-corrected chi connectivity index (χ0v) is 16.0. The van der Waals surface area contributed by atoms with Crippen LogP contribution in [0.5, 0.6) is 5.88 Å². The maximum absolute atomic E-state index is 12.9. The highest BCUT2D eigenvalue weighted by Gasteiger charge is 2.35. The summed E-state index contributed by atoms with van der Waals surface area (Å²) in [5.41, 5.74) is -2.62. The van der Waals surface area contributed by atoms with Crippen LogP contribution in [0.4, 0.5) is 13.2 Å². The van der Waals surface area contributed by atoms with E-state index in [1.807, 2.05) is 4.98 Å². The number of pyridine rings is 2. The van der Waals surface area contributed by atoms with Crippen molar-refractivity contribution in [2.24, 2.45) is 7.05 Å². The second kappa shape index (κ2) is 7.87. The van der Waals surface area contributed by atoms with Crippen LogP contribution in [0.25, 0.3) is 11.0 Å². The van der Waals surface area contributed by atoms with Crippen LogP contribution in [0.15, 0.2) is 45.1 Å². The van der Waals surface area contributed by atoms with E-state index in [-0.39, 0.29) is 22.5 Å². The van der Waals surface area contributed by atoms with E-state index in [1.54, 1.807) is 0 Å². The lowest BCUT2D eigenvalue weighted by molar-refractivity contribution is -0.139. The third kappa shape index (κ3) is 4.33. The number of hydrogen-bond acceptors (Lipinski definition) is 7. The number of nitrogens with zero attached hydrogens (tertiary/aromatic N) is 3. The minimum absolute atomic E-state index is 0.0131. The Kier molecular flexibility index (Phi) is 5.63. The van der Waals surface area contributed by atoms with E-state index in [1.165, 1.54) is 7.05 Å². The second-order valence-corrected chi connectivity index (χ2v) is 7.73. The molecule has 0 aliphatic carbocycles. The summed E-state index contributed by atoms with van der Waals surface area (Å²) < 4.78 is 71.6. The Morgan fingerprint density at radius 2 is 2.00 bits per heavy atom. The summed E-state index contributed by atoms with van der Waals surface area (Å²) in [5.74, 6) is -0.677. The standard InChI is InChI=1S/C16H14F3N5O5S/c1-24-12-10(13(25)23-15(24)26)7-9(8-21-12)30(27,28)22-5-6-29-14-11(16(17,18)19)3-2-4-20-14/h2-4,7-8,22H,5-6H2,1H3,(H,23,25,26). The molecule has 0 unspecified atom stereocenters. The van der Waals surface area contributed by atoms with Crippen molar-refractivity contribution in [1.29, 1.82) is 0 Å². The molecule has 160 valence electrons. The average molecular weight is 445 g/mol. The normalized spacial score (nSPS) is 12.3. The molecule has 10 nitrogen and oxygen atoms in total. The highest BCUT2D eigenvalue weighted by Crippen LogP contribution is 2.34. The number of halogens is 3. The van der Waals surface area contributed by atoms with Crippen LogP contribution in [-0.2, 0) is 23.2 Å². The summed E-state index contributed by atoms with van der Waals surface area (Å²) in [6.07, 6.45) is -2.61. The Labute approximate surface area is 166 Å². The van der Waals surface area contributed by atoms with Gasteiger partial charge in [0.25, 0.3) is 5.56 Å². The third-order valence-electron chi connectivity index (χ3n) is 3.95. The number of nitrogens with one attached hydrogen (secondary N) is 2. The van der Waals surface area contributed by atoms with Gasteiger partial charge in [-0.25, -0.2) is 27.9 Å². The highest BCUT2D eigenvalue weighted by atomic mass is 32.2. The quantitative estimate of drug-likeness (QED) is 0.524. The largest absolute Gasteiger partial charge is 0.476 e. The molecule has 0 atom stereocenters. The summed E-state index contributed by atoms with van der Waals surface area (Å²) in [4.78, 5) is 32.5. The molecular formula is C16H14F3N5O5S. The number of aromatic amines is 1. The third-order valence-corrected chi connectivity index (χ3v) is 5.38. The van der Waals surface area contributed by atoms with Crippen LogP contribution in [0.2, 0.25) is 0 Å². The van der Waals surface area contributed by atoms with Gasteiger partial charge in [0.05, 0.1) is 5.39 Å². The molecule has 30 heavy (non-hydrogen) atoms. The van der Waals surface area contributed by atoms with Gasteiger partial charge in [-0.15, -0.1) is 0 Å². The zero-order valence-electron chi connectivity index (χ0n) is 15.2. The van der Waals surface area contributed by atoms with Crippen molar-refractivity contribution in [3.05, 3.63) is 57.0 Å². The summed E-state index contributed by atoms with van der Waals surface area (Å²) in [5, 5.41) is -0.125. The maximum atomic E-state index is 12.9. The van der Waals surface area contributed by atoms with Gasteiger partial charge >= 0.3 is 11.9 Å². The van der Waals surface area contributed by atoms with Crippen LogP contribution < -0.4 is 20.7 Å². The minimum atomic E-state index is -4.67. The first-order valence-electron chi connectivity index (χ1n) is 8.24. The molecule has 0 radical (unpaired) electrons. The van der Waals surface area contributed by atoms with Gasteiger partial charge in [-0.05, 0) is 18.2 Å². The van der Waals surface area contributed by atoms with Gasteiger partial charge in [0.15, 0.2) is 0 Å². The predicted molar refractivity (Wildman–Crippen MR) is 97.5 cm³/mol. The maximum Gasteiger partial charge on any atom is 0.421 e. The minimum Gasteiger partial charge on any atom is -0.476 e. The SMILES string of the molecule is Cn1c(=O)[nH]c(=O)c2cc(S(=O)(=O)NCCOc3ncccc3C(F)(F)F)cnc21. The van der Waals surface area contributed by atoms with Crippen molar-refractivity contribution in [2.75, 3.05) is 13.2 Å². The Hall–Kier alpha value is -3.26. The molecule has 0 aromatic carbocycles. The predicted octanol–water partition coefficient (Wildman–Crippen LogP) is 0.393. The fourth-order valence-corrected chi connectivity index (χ4v) is 3.48. The molecule has 0 saturated heterocycles. The van der Waals surface area contributed by atoms with Gasteiger partial charge < -0.3 is 4.74 Å². The van der Waals surface area contributed by atoms with E-state index in [0.717, 1.165) is 35.2 Å². The summed E-state index contributed by atoms with van der Waals surface area (Å²) in [6, 6.07) is 2.92. The van der Waals surface area contributed by atoms with E-state index >= 15 is 0 Å². The molecule has 2 N–H and O–H groups in total. The molecule has 0 spiro atoms. The number of hydrogen-bond donors (Lipinski definition) is 2. The first kappa shape index (κ1) is 21.4.